The second-order valence-electron chi connectivity index (χ2n) is 4.44. The Morgan fingerprint density at radius 3 is 2.22 bits per heavy atom. The number of hydrogen-bond donors (Lipinski definition) is 2. The monoisotopic (exact) mass is 276 g/mol. The van der Waals surface area contributed by atoms with Crippen LogP contribution in [0.3, 0.4) is 0 Å². The van der Waals surface area contributed by atoms with E-state index in [1.807, 2.05) is 0 Å². The molecule has 0 unspecified atom stereocenters. The normalized spacial score (nSPS) is 17.8. The number of nitrogens with two attached hydrogens (primary N) is 1. The predicted octanol–water partition coefficient (Wildman–Crippen LogP) is 1.59. The molecular formula is C11H14F2N2O2S. The van der Waals surface area contributed by atoms with Gasteiger partial charge in [0, 0.05) is 17.8 Å². The molecule has 1 aliphatic carbocycles. The molecule has 100 valence electrons. The number of sulfone groups is 1. The van der Waals surface area contributed by atoms with Crippen LogP contribution in [-0.4, -0.2) is 26.3 Å². The molecule has 0 amide bonds. The van der Waals surface area contributed by atoms with E-state index >= 15 is 0 Å². The number of alkyl halides is 2. The first-order valence-electron chi connectivity index (χ1n) is 5.50. The van der Waals surface area contributed by atoms with Crippen LogP contribution >= 0.6 is 0 Å². The van der Waals surface area contributed by atoms with Gasteiger partial charge in [0.05, 0.1) is 4.90 Å². The van der Waals surface area contributed by atoms with Crippen molar-refractivity contribution in [3.05, 3.63) is 24.3 Å². The molecule has 0 aliphatic heterocycles. The van der Waals surface area contributed by atoms with E-state index in [2.05, 4.69) is 5.32 Å². The number of hydrogen-bond acceptors (Lipinski definition) is 4. The van der Waals surface area contributed by atoms with Gasteiger partial charge in [0.15, 0.2) is 0 Å². The van der Waals surface area contributed by atoms with Gasteiger partial charge in [-0.05, 0) is 37.1 Å². The van der Waals surface area contributed by atoms with Crippen LogP contribution in [0.4, 0.5) is 14.5 Å². The summed E-state index contributed by atoms with van der Waals surface area (Å²) in [4.78, 5) is -0.374. The van der Waals surface area contributed by atoms with Crippen molar-refractivity contribution in [1.82, 2.24) is 0 Å². The molecule has 0 atom stereocenters. The van der Waals surface area contributed by atoms with E-state index < -0.39 is 15.6 Å². The first-order chi connectivity index (χ1) is 8.39. The minimum atomic E-state index is -4.51. The second-order valence-corrected chi connectivity index (χ2v) is 6.36. The highest BCUT2D eigenvalue weighted by atomic mass is 32.2. The molecule has 0 radical (unpaired) electrons. The zero-order chi connectivity index (χ0) is 13.4. The summed E-state index contributed by atoms with van der Waals surface area (Å²) < 4.78 is 47.0. The lowest BCUT2D eigenvalue weighted by molar-refractivity contribution is 0.234. The van der Waals surface area contributed by atoms with Gasteiger partial charge in [0.25, 0.3) is 0 Å². The minimum absolute atomic E-state index is 0.108. The molecule has 3 N–H and O–H groups in total. The van der Waals surface area contributed by atoms with Crippen LogP contribution in [0, 0.1) is 0 Å². The van der Waals surface area contributed by atoms with E-state index in [4.69, 9.17) is 5.73 Å². The molecule has 0 saturated heterocycles. The van der Waals surface area contributed by atoms with E-state index in [0.717, 1.165) is 12.8 Å². The molecule has 7 heteroatoms. The van der Waals surface area contributed by atoms with Gasteiger partial charge in [-0.15, -0.1) is 0 Å². The molecule has 1 fully saturated rings. The molecule has 1 aromatic carbocycles. The molecule has 1 saturated carbocycles. The summed E-state index contributed by atoms with van der Waals surface area (Å²) in [5.74, 6) is -3.39. The molecule has 0 heterocycles. The third-order valence-corrected chi connectivity index (χ3v) is 4.47. The van der Waals surface area contributed by atoms with Crippen LogP contribution in [0.1, 0.15) is 12.8 Å². The Morgan fingerprint density at radius 1 is 1.28 bits per heavy atom. The lowest BCUT2D eigenvalue weighted by atomic mass is 10.2. The van der Waals surface area contributed by atoms with Crippen molar-refractivity contribution >= 4 is 15.5 Å². The fraction of sp³-hybridized carbons (Fsp3) is 0.455. The SMILES string of the molecule is NCC1(Nc2ccc(S(=O)(=O)C(F)F)cc2)CC1. The summed E-state index contributed by atoms with van der Waals surface area (Å²) in [5.41, 5.74) is 6.18. The number of rotatable bonds is 5. The van der Waals surface area contributed by atoms with E-state index in [9.17, 15) is 17.2 Å². The van der Waals surface area contributed by atoms with Gasteiger partial charge in [0.1, 0.15) is 0 Å². The summed E-state index contributed by atoms with van der Waals surface area (Å²) in [6, 6.07) is 5.31. The summed E-state index contributed by atoms with van der Waals surface area (Å²) in [6.45, 7) is 0.490. The number of anilines is 1. The van der Waals surface area contributed by atoms with Crippen molar-refractivity contribution < 1.29 is 17.2 Å². The molecule has 4 nitrogen and oxygen atoms in total. The molecule has 0 aromatic heterocycles. The van der Waals surface area contributed by atoms with Crippen LogP contribution in [0.2, 0.25) is 0 Å². The van der Waals surface area contributed by atoms with Crippen molar-refractivity contribution in [2.45, 2.75) is 29.0 Å². The lowest BCUT2D eigenvalue weighted by Crippen LogP contribution is -2.30. The Balaban J connectivity index is 2.16. The highest BCUT2D eigenvalue weighted by molar-refractivity contribution is 7.91. The quantitative estimate of drug-likeness (QED) is 0.856. The topological polar surface area (TPSA) is 72.2 Å². The second kappa shape index (κ2) is 4.47. The van der Waals surface area contributed by atoms with Crippen LogP contribution in [0.25, 0.3) is 0 Å². The maximum absolute atomic E-state index is 12.3. The average Bonchev–Trinajstić information content (AvgIpc) is 3.10. The number of nitrogens with one attached hydrogen (secondary N) is 1. The molecule has 0 bridgehead atoms. The van der Waals surface area contributed by atoms with E-state index in [0.29, 0.717) is 12.2 Å². The van der Waals surface area contributed by atoms with E-state index in [-0.39, 0.29) is 10.4 Å². The van der Waals surface area contributed by atoms with Gasteiger partial charge < -0.3 is 11.1 Å². The fourth-order valence-electron chi connectivity index (χ4n) is 1.67. The van der Waals surface area contributed by atoms with Crippen molar-refractivity contribution in [3.8, 4) is 0 Å². The van der Waals surface area contributed by atoms with Crippen molar-refractivity contribution in [1.29, 1.82) is 0 Å². The summed E-state index contributed by atoms with van der Waals surface area (Å²) >= 11 is 0. The molecule has 1 aromatic rings. The first-order valence-corrected chi connectivity index (χ1v) is 7.05. The van der Waals surface area contributed by atoms with Gasteiger partial charge in [-0.3, -0.25) is 0 Å². The smallest absolute Gasteiger partial charge is 0.341 e. The van der Waals surface area contributed by atoms with Crippen LogP contribution in [0.15, 0.2) is 29.2 Å². The lowest BCUT2D eigenvalue weighted by Gasteiger charge is -2.16. The van der Waals surface area contributed by atoms with E-state index in [1.165, 1.54) is 24.3 Å². The van der Waals surface area contributed by atoms with Crippen molar-refractivity contribution in [2.75, 3.05) is 11.9 Å². The Bertz CT molecular complexity index is 524. The average molecular weight is 276 g/mol. The van der Waals surface area contributed by atoms with Gasteiger partial charge in [-0.1, -0.05) is 0 Å². The molecule has 2 rings (SSSR count). The van der Waals surface area contributed by atoms with Crippen molar-refractivity contribution in [2.24, 2.45) is 5.73 Å². The maximum Gasteiger partial charge on any atom is 0.341 e. The molecule has 0 spiro atoms. The van der Waals surface area contributed by atoms with Crippen LogP contribution in [0.5, 0.6) is 0 Å². The third kappa shape index (κ3) is 2.46. The molecule has 1 aliphatic rings. The Kier molecular flexibility index (Phi) is 3.29. The zero-order valence-corrected chi connectivity index (χ0v) is 10.4. The Labute approximate surface area is 104 Å². The fourth-order valence-corrected chi connectivity index (χ4v) is 2.39. The standard InChI is InChI=1S/C11H14F2N2O2S/c12-10(13)18(16,17)9-3-1-8(2-4-9)15-11(7-14)5-6-11/h1-4,10,15H,5-7,14H2. The number of benzene rings is 1. The molecular weight excluding hydrogens is 262 g/mol. The first kappa shape index (κ1) is 13.2. The van der Waals surface area contributed by atoms with Crippen molar-refractivity contribution in [3.63, 3.8) is 0 Å². The van der Waals surface area contributed by atoms with E-state index in [1.54, 1.807) is 0 Å². The van der Waals surface area contributed by atoms with Gasteiger partial charge >= 0.3 is 5.76 Å². The van der Waals surface area contributed by atoms with Gasteiger partial charge in [-0.2, -0.15) is 8.78 Å². The number of halogens is 2. The minimum Gasteiger partial charge on any atom is -0.378 e. The highest BCUT2D eigenvalue weighted by Crippen LogP contribution is 2.37. The van der Waals surface area contributed by atoms with Gasteiger partial charge in [0.2, 0.25) is 9.84 Å². The zero-order valence-electron chi connectivity index (χ0n) is 9.57. The van der Waals surface area contributed by atoms with Crippen LogP contribution in [-0.2, 0) is 9.84 Å². The molecule has 18 heavy (non-hydrogen) atoms. The Hall–Kier alpha value is -1.21. The summed E-state index contributed by atoms with van der Waals surface area (Å²) in [7, 11) is -4.51. The van der Waals surface area contributed by atoms with Gasteiger partial charge in [-0.25, -0.2) is 8.42 Å². The highest BCUT2D eigenvalue weighted by Gasteiger charge is 2.41. The van der Waals surface area contributed by atoms with Crippen LogP contribution < -0.4 is 11.1 Å². The predicted molar refractivity (Wildman–Crippen MR) is 64.3 cm³/mol. The Morgan fingerprint density at radius 2 is 1.83 bits per heavy atom. The summed E-state index contributed by atoms with van der Waals surface area (Å²) in [6.07, 6.45) is 1.92. The largest absolute Gasteiger partial charge is 0.378 e. The summed E-state index contributed by atoms with van der Waals surface area (Å²) in [5, 5.41) is 3.18. The maximum atomic E-state index is 12.3. The third-order valence-electron chi connectivity index (χ3n) is 3.07.